The molecule has 0 saturated carbocycles. The summed E-state index contributed by atoms with van der Waals surface area (Å²) in [5.74, 6) is 0.173. The first-order chi connectivity index (χ1) is 8.07. The summed E-state index contributed by atoms with van der Waals surface area (Å²) in [6.45, 7) is 7.55. The lowest BCUT2D eigenvalue weighted by Crippen LogP contribution is -2.72. The maximum absolute atomic E-state index is 11.8. The van der Waals surface area contributed by atoms with Crippen molar-refractivity contribution in [3.05, 3.63) is 0 Å². The van der Waals surface area contributed by atoms with Crippen molar-refractivity contribution in [2.45, 2.75) is 39.3 Å². The molecule has 0 unspecified atom stereocenters. The van der Waals surface area contributed by atoms with Gasteiger partial charge in [0, 0.05) is 18.6 Å². The predicted octanol–water partition coefficient (Wildman–Crippen LogP) is 0.0349. The Morgan fingerprint density at radius 3 is 2.22 bits per heavy atom. The Labute approximate surface area is 108 Å². The van der Waals surface area contributed by atoms with Gasteiger partial charge in [0.25, 0.3) is 0 Å². The summed E-state index contributed by atoms with van der Waals surface area (Å²) < 4.78 is 31.2. The molecule has 7 nitrogen and oxygen atoms in total. The van der Waals surface area contributed by atoms with Crippen LogP contribution in [0.5, 0.6) is 0 Å². The van der Waals surface area contributed by atoms with Crippen LogP contribution < -0.4 is 10.5 Å². The number of carbonyl (C=O) groups is 1. The smallest absolute Gasteiger partial charge is 0.422 e. The van der Waals surface area contributed by atoms with Crippen molar-refractivity contribution >= 4 is 16.3 Å². The zero-order chi connectivity index (χ0) is 14.1. The fourth-order valence-corrected chi connectivity index (χ4v) is 2.76. The van der Waals surface area contributed by atoms with Crippen LogP contribution in [-0.2, 0) is 14.9 Å². The van der Waals surface area contributed by atoms with E-state index in [0.717, 1.165) is 4.31 Å². The standard InChI is InChI=1S/C10H21N3O4S/c1-7(2)10(11)5-13(6-10)18(15,16)12-9(14)17-8(3)4/h7-8H,5-6,11H2,1-4H3,(H,12,14). The van der Waals surface area contributed by atoms with Crippen LogP contribution in [0, 0.1) is 5.92 Å². The molecule has 0 atom stereocenters. The van der Waals surface area contributed by atoms with Gasteiger partial charge in [-0.15, -0.1) is 0 Å². The molecule has 0 aliphatic carbocycles. The highest BCUT2D eigenvalue weighted by molar-refractivity contribution is 7.87. The molecular formula is C10H21N3O4S. The van der Waals surface area contributed by atoms with E-state index >= 15 is 0 Å². The van der Waals surface area contributed by atoms with E-state index in [1.165, 1.54) is 0 Å². The van der Waals surface area contributed by atoms with E-state index in [1.807, 2.05) is 18.6 Å². The number of nitrogens with zero attached hydrogens (tertiary/aromatic N) is 1. The van der Waals surface area contributed by atoms with Gasteiger partial charge in [0.1, 0.15) is 0 Å². The average molecular weight is 279 g/mol. The largest absolute Gasteiger partial charge is 0.446 e. The molecule has 0 aromatic heterocycles. The van der Waals surface area contributed by atoms with Crippen LogP contribution in [0.3, 0.4) is 0 Å². The molecule has 0 aromatic rings. The lowest BCUT2D eigenvalue weighted by atomic mass is 9.82. The SMILES string of the molecule is CC(C)OC(=O)NS(=O)(=O)N1CC(N)(C(C)C)C1. The third-order valence-electron chi connectivity index (χ3n) is 2.99. The molecule has 0 aromatic carbocycles. The van der Waals surface area contributed by atoms with E-state index in [0.29, 0.717) is 0 Å². The van der Waals surface area contributed by atoms with Gasteiger partial charge in [-0.1, -0.05) is 13.8 Å². The summed E-state index contributed by atoms with van der Waals surface area (Å²) in [6, 6.07) is 0. The minimum Gasteiger partial charge on any atom is -0.446 e. The molecule has 1 aliphatic rings. The molecule has 1 rings (SSSR count). The van der Waals surface area contributed by atoms with Crippen molar-refractivity contribution in [2.24, 2.45) is 11.7 Å². The number of nitrogens with two attached hydrogens (primary N) is 1. The van der Waals surface area contributed by atoms with Crippen molar-refractivity contribution in [2.75, 3.05) is 13.1 Å². The van der Waals surface area contributed by atoms with Crippen LogP contribution in [0.2, 0.25) is 0 Å². The van der Waals surface area contributed by atoms with Crippen molar-refractivity contribution in [3.8, 4) is 0 Å². The molecule has 3 N–H and O–H groups in total. The first kappa shape index (κ1) is 15.2. The zero-order valence-corrected chi connectivity index (χ0v) is 12.0. The Morgan fingerprint density at radius 1 is 1.33 bits per heavy atom. The Balaban J connectivity index is 2.56. The second kappa shape index (κ2) is 5.02. The molecule has 1 saturated heterocycles. The molecule has 0 radical (unpaired) electrons. The molecule has 1 fully saturated rings. The summed E-state index contributed by atoms with van der Waals surface area (Å²) in [7, 11) is -3.84. The van der Waals surface area contributed by atoms with Crippen LogP contribution in [0.25, 0.3) is 0 Å². The van der Waals surface area contributed by atoms with Gasteiger partial charge in [0.2, 0.25) is 0 Å². The number of amides is 1. The lowest BCUT2D eigenvalue weighted by molar-refractivity contribution is 0.104. The number of hydrogen-bond donors (Lipinski definition) is 2. The number of carbonyl (C=O) groups excluding carboxylic acids is 1. The Hall–Kier alpha value is -0.860. The topological polar surface area (TPSA) is 102 Å². The quantitative estimate of drug-likeness (QED) is 0.756. The van der Waals surface area contributed by atoms with E-state index in [4.69, 9.17) is 10.5 Å². The average Bonchev–Trinajstić information content (AvgIpc) is 2.09. The number of ether oxygens (including phenoxy) is 1. The first-order valence-corrected chi connectivity index (χ1v) is 7.28. The lowest BCUT2D eigenvalue weighted by Gasteiger charge is -2.48. The first-order valence-electron chi connectivity index (χ1n) is 5.84. The normalized spacial score (nSPS) is 19.7. The van der Waals surface area contributed by atoms with E-state index in [1.54, 1.807) is 13.8 Å². The predicted molar refractivity (Wildman–Crippen MR) is 67.0 cm³/mol. The van der Waals surface area contributed by atoms with Crippen molar-refractivity contribution < 1.29 is 17.9 Å². The molecule has 1 amide bonds. The number of nitrogens with one attached hydrogen (secondary N) is 1. The van der Waals surface area contributed by atoms with E-state index in [2.05, 4.69) is 0 Å². The maximum Gasteiger partial charge on any atom is 0.422 e. The van der Waals surface area contributed by atoms with Crippen molar-refractivity contribution in [1.29, 1.82) is 0 Å². The Kier molecular flexibility index (Phi) is 4.24. The minimum atomic E-state index is -3.84. The highest BCUT2D eigenvalue weighted by Crippen LogP contribution is 2.27. The summed E-state index contributed by atoms with van der Waals surface area (Å²) in [5, 5.41) is 0. The Bertz CT molecular complexity index is 413. The Morgan fingerprint density at radius 2 is 1.83 bits per heavy atom. The van der Waals surface area contributed by atoms with Gasteiger partial charge in [-0.05, 0) is 19.8 Å². The van der Waals surface area contributed by atoms with Crippen molar-refractivity contribution in [3.63, 3.8) is 0 Å². The third-order valence-corrected chi connectivity index (χ3v) is 4.35. The zero-order valence-electron chi connectivity index (χ0n) is 11.1. The molecule has 0 bridgehead atoms. The highest BCUT2D eigenvalue weighted by Gasteiger charge is 2.47. The van der Waals surface area contributed by atoms with Gasteiger partial charge in [0.05, 0.1) is 6.10 Å². The minimum absolute atomic E-state index is 0.173. The van der Waals surface area contributed by atoms with Gasteiger partial charge in [0.15, 0.2) is 0 Å². The van der Waals surface area contributed by atoms with Gasteiger partial charge < -0.3 is 10.5 Å². The van der Waals surface area contributed by atoms with E-state index < -0.39 is 21.8 Å². The molecule has 1 heterocycles. The maximum atomic E-state index is 11.8. The third kappa shape index (κ3) is 3.33. The van der Waals surface area contributed by atoms with Gasteiger partial charge in [-0.25, -0.2) is 9.52 Å². The van der Waals surface area contributed by atoms with Gasteiger partial charge in [-0.2, -0.15) is 12.7 Å². The fraction of sp³-hybridized carbons (Fsp3) is 0.900. The highest BCUT2D eigenvalue weighted by atomic mass is 32.2. The second-order valence-electron chi connectivity index (χ2n) is 5.22. The van der Waals surface area contributed by atoms with E-state index in [9.17, 15) is 13.2 Å². The van der Waals surface area contributed by atoms with Crippen LogP contribution in [-0.4, -0.2) is 43.5 Å². The summed E-state index contributed by atoms with van der Waals surface area (Å²) in [6.07, 6.45) is -1.34. The monoisotopic (exact) mass is 279 g/mol. The summed E-state index contributed by atoms with van der Waals surface area (Å²) in [5.41, 5.74) is 5.48. The van der Waals surface area contributed by atoms with Crippen LogP contribution in [0.15, 0.2) is 0 Å². The summed E-state index contributed by atoms with van der Waals surface area (Å²) in [4.78, 5) is 11.2. The summed E-state index contributed by atoms with van der Waals surface area (Å²) >= 11 is 0. The molecule has 0 spiro atoms. The molecule has 1 aliphatic heterocycles. The number of rotatable bonds is 4. The van der Waals surface area contributed by atoms with Crippen LogP contribution in [0.1, 0.15) is 27.7 Å². The van der Waals surface area contributed by atoms with Crippen molar-refractivity contribution in [1.82, 2.24) is 9.03 Å². The molecule has 106 valence electrons. The molecule has 8 heteroatoms. The van der Waals surface area contributed by atoms with Gasteiger partial charge in [-0.3, -0.25) is 0 Å². The van der Waals surface area contributed by atoms with E-state index in [-0.39, 0.29) is 25.1 Å². The second-order valence-corrected chi connectivity index (χ2v) is 6.89. The molecular weight excluding hydrogens is 258 g/mol. The fourth-order valence-electron chi connectivity index (χ4n) is 1.55. The van der Waals surface area contributed by atoms with Crippen LogP contribution >= 0.6 is 0 Å². The van der Waals surface area contributed by atoms with Crippen LogP contribution in [0.4, 0.5) is 4.79 Å². The van der Waals surface area contributed by atoms with Gasteiger partial charge >= 0.3 is 16.3 Å². The number of hydrogen-bond acceptors (Lipinski definition) is 5. The molecule has 18 heavy (non-hydrogen) atoms.